The van der Waals surface area contributed by atoms with Crippen LogP contribution in [0.2, 0.25) is 0 Å². The standard InChI is InChI=1S/C21H17N3O4S/c1-3-10-24-15-9-8-14(22-13(2)25)11-19(15)29-21(24)23-20(26)18-12-27-16-6-4-5-7-17(16)28-18/h1,4-9,11,18H,10,12H2,2H3,(H,22,25)/t18-/m1/s1. The molecule has 1 aliphatic rings. The maximum absolute atomic E-state index is 12.7. The number of thiazole rings is 1. The van der Waals surface area contributed by atoms with Gasteiger partial charge in [-0.25, -0.2) is 0 Å². The number of terminal acetylenes is 1. The van der Waals surface area contributed by atoms with E-state index in [0.717, 1.165) is 10.2 Å². The fraction of sp³-hybridized carbons (Fsp3) is 0.190. The van der Waals surface area contributed by atoms with Crippen molar-refractivity contribution < 1.29 is 19.1 Å². The summed E-state index contributed by atoms with van der Waals surface area (Å²) < 4.78 is 14.0. The van der Waals surface area contributed by atoms with Crippen LogP contribution in [0.3, 0.4) is 0 Å². The number of rotatable bonds is 3. The van der Waals surface area contributed by atoms with Gasteiger partial charge in [-0.15, -0.1) is 6.42 Å². The van der Waals surface area contributed by atoms with Crippen molar-refractivity contribution in [2.45, 2.75) is 19.6 Å². The second-order valence-corrected chi connectivity index (χ2v) is 7.36. The molecular formula is C21H17N3O4S. The first-order valence-electron chi connectivity index (χ1n) is 8.86. The number of anilines is 1. The Morgan fingerprint density at radius 3 is 2.86 bits per heavy atom. The third-order valence-electron chi connectivity index (χ3n) is 4.24. The smallest absolute Gasteiger partial charge is 0.292 e. The molecule has 4 rings (SSSR count). The molecule has 0 saturated heterocycles. The summed E-state index contributed by atoms with van der Waals surface area (Å²) in [6, 6.07) is 12.6. The maximum atomic E-state index is 12.7. The minimum Gasteiger partial charge on any atom is -0.485 e. The third-order valence-corrected chi connectivity index (χ3v) is 5.28. The molecule has 0 bridgehead atoms. The van der Waals surface area contributed by atoms with Crippen LogP contribution in [0.4, 0.5) is 5.69 Å². The van der Waals surface area contributed by atoms with E-state index in [1.807, 2.05) is 24.3 Å². The summed E-state index contributed by atoms with van der Waals surface area (Å²) in [7, 11) is 0. The van der Waals surface area contributed by atoms with Crippen molar-refractivity contribution in [3.8, 4) is 23.8 Å². The first-order chi connectivity index (χ1) is 14.0. The molecule has 0 spiro atoms. The van der Waals surface area contributed by atoms with Crippen LogP contribution in [0.15, 0.2) is 47.5 Å². The SMILES string of the molecule is C#CCn1c(=NC(=O)[C@H]2COc3ccccc3O2)sc2cc(NC(C)=O)ccc21. The number of fused-ring (bicyclic) bond motifs is 2. The number of nitrogens with zero attached hydrogens (tertiary/aromatic N) is 2. The van der Waals surface area contributed by atoms with Crippen LogP contribution < -0.4 is 19.6 Å². The second-order valence-electron chi connectivity index (χ2n) is 6.35. The van der Waals surface area contributed by atoms with Crippen molar-refractivity contribution in [1.29, 1.82) is 0 Å². The van der Waals surface area contributed by atoms with Crippen molar-refractivity contribution in [1.82, 2.24) is 4.57 Å². The number of carbonyl (C=O) groups excluding carboxylic acids is 2. The highest BCUT2D eigenvalue weighted by atomic mass is 32.1. The van der Waals surface area contributed by atoms with Gasteiger partial charge in [0.2, 0.25) is 12.0 Å². The quantitative estimate of drug-likeness (QED) is 0.677. The van der Waals surface area contributed by atoms with Gasteiger partial charge >= 0.3 is 0 Å². The first-order valence-corrected chi connectivity index (χ1v) is 9.68. The van der Waals surface area contributed by atoms with Gasteiger partial charge in [-0.05, 0) is 30.3 Å². The molecule has 7 nitrogen and oxygen atoms in total. The van der Waals surface area contributed by atoms with Crippen molar-refractivity contribution in [3.05, 3.63) is 47.3 Å². The number of ether oxygens (including phenoxy) is 2. The summed E-state index contributed by atoms with van der Waals surface area (Å²) in [4.78, 5) is 28.8. The number of para-hydroxylation sites is 2. The molecule has 0 radical (unpaired) electrons. The number of carbonyl (C=O) groups is 2. The molecule has 1 N–H and O–H groups in total. The largest absolute Gasteiger partial charge is 0.485 e. The molecule has 8 heteroatoms. The molecule has 2 aromatic carbocycles. The lowest BCUT2D eigenvalue weighted by atomic mass is 10.2. The number of amides is 2. The summed E-state index contributed by atoms with van der Waals surface area (Å²) in [5.41, 5.74) is 1.50. The molecule has 1 atom stereocenters. The minimum atomic E-state index is -0.829. The normalized spacial score (nSPS) is 15.7. The molecule has 2 amide bonds. The monoisotopic (exact) mass is 407 g/mol. The van der Waals surface area contributed by atoms with Crippen LogP contribution in [0.25, 0.3) is 10.2 Å². The summed E-state index contributed by atoms with van der Waals surface area (Å²) in [5.74, 6) is 3.10. The Hall–Kier alpha value is -3.57. The lowest BCUT2D eigenvalue weighted by molar-refractivity contribution is -0.127. The maximum Gasteiger partial charge on any atom is 0.292 e. The van der Waals surface area contributed by atoms with Crippen LogP contribution in [0, 0.1) is 12.3 Å². The predicted molar refractivity (Wildman–Crippen MR) is 110 cm³/mol. The molecule has 1 aromatic heterocycles. The van der Waals surface area contributed by atoms with Crippen molar-refractivity contribution in [2.75, 3.05) is 11.9 Å². The number of nitrogens with one attached hydrogen (secondary N) is 1. The molecule has 0 aliphatic carbocycles. The van der Waals surface area contributed by atoms with Gasteiger partial charge < -0.3 is 19.4 Å². The number of hydrogen-bond donors (Lipinski definition) is 1. The Kier molecular flexibility index (Phi) is 5.06. The van der Waals surface area contributed by atoms with E-state index >= 15 is 0 Å². The van der Waals surface area contributed by atoms with E-state index in [2.05, 4.69) is 16.2 Å². The third kappa shape index (κ3) is 3.86. The van der Waals surface area contributed by atoms with Crippen molar-refractivity contribution >= 4 is 39.1 Å². The van der Waals surface area contributed by atoms with E-state index in [-0.39, 0.29) is 19.1 Å². The van der Waals surface area contributed by atoms with Gasteiger partial charge in [-0.3, -0.25) is 9.59 Å². The fourth-order valence-electron chi connectivity index (χ4n) is 2.99. The van der Waals surface area contributed by atoms with Gasteiger partial charge in [0.1, 0.15) is 6.61 Å². The fourth-order valence-corrected chi connectivity index (χ4v) is 4.07. The van der Waals surface area contributed by atoms with Crippen LogP contribution in [0.5, 0.6) is 11.5 Å². The molecule has 29 heavy (non-hydrogen) atoms. The van der Waals surface area contributed by atoms with Crippen molar-refractivity contribution in [2.24, 2.45) is 4.99 Å². The van der Waals surface area contributed by atoms with Gasteiger partial charge in [0.25, 0.3) is 5.91 Å². The zero-order valence-corrected chi connectivity index (χ0v) is 16.4. The van der Waals surface area contributed by atoms with Crippen LogP contribution in [-0.2, 0) is 16.1 Å². The Bertz CT molecular complexity index is 1220. The van der Waals surface area contributed by atoms with Crippen LogP contribution >= 0.6 is 11.3 Å². The van der Waals surface area contributed by atoms with Gasteiger partial charge in [-0.2, -0.15) is 4.99 Å². The Balaban J connectivity index is 1.69. The minimum absolute atomic E-state index is 0.0893. The molecule has 146 valence electrons. The molecular weight excluding hydrogens is 390 g/mol. The lowest BCUT2D eigenvalue weighted by Crippen LogP contribution is -2.36. The summed E-state index contributed by atoms with van der Waals surface area (Å²) >= 11 is 1.32. The average Bonchev–Trinajstić information content (AvgIpc) is 3.03. The van der Waals surface area contributed by atoms with E-state index in [1.165, 1.54) is 18.3 Å². The number of hydrogen-bond acceptors (Lipinski definition) is 5. The summed E-state index contributed by atoms with van der Waals surface area (Å²) in [6.45, 7) is 1.80. The van der Waals surface area contributed by atoms with Crippen LogP contribution in [0.1, 0.15) is 6.92 Å². The molecule has 2 heterocycles. The average molecular weight is 407 g/mol. The Morgan fingerprint density at radius 1 is 1.31 bits per heavy atom. The lowest BCUT2D eigenvalue weighted by Gasteiger charge is -2.23. The predicted octanol–water partition coefficient (Wildman–Crippen LogP) is 2.56. The van der Waals surface area contributed by atoms with E-state index in [0.29, 0.717) is 22.0 Å². The zero-order valence-electron chi connectivity index (χ0n) is 15.5. The topological polar surface area (TPSA) is 81.9 Å². The Morgan fingerprint density at radius 2 is 2.10 bits per heavy atom. The molecule has 0 fully saturated rings. The molecule has 3 aromatic rings. The van der Waals surface area contributed by atoms with E-state index in [9.17, 15) is 9.59 Å². The van der Waals surface area contributed by atoms with Gasteiger partial charge in [0.15, 0.2) is 16.3 Å². The first kappa shape index (κ1) is 18.8. The van der Waals surface area contributed by atoms with Gasteiger partial charge in [-0.1, -0.05) is 29.4 Å². The van der Waals surface area contributed by atoms with E-state index in [1.54, 1.807) is 22.8 Å². The molecule has 0 saturated carbocycles. The van der Waals surface area contributed by atoms with E-state index < -0.39 is 12.0 Å². The van der Waals surface area contributed by atoms with Crippen LogP contribution in [-0.4, -0.2) is 29.1 Å². The van der Waals surface area contributed by atoms with Gasteiger partial charge in [0, 0.05) is 12.6 Å². The highest BCUT2D eigenvalue weighted by molar-refractivity contribution is 7.16. The van der Waals surface area contributed by atoms with Crippen molar-refractivity contribution in [3.63, 3.8) is 0 Å². The second kappa shape index (κ2) is 7.81. The molecule has 1 aliphatic heterocycles. The summed E-state index contributed by atoms with van der Waals surface area (Å²) in [5, 5.41) is 2.74. The Labute approximate surface area is 170 Å². The van der Waals surface area contributed by atoms with E-state index in [4.69, 9.17) is 15.9 Å². The highest BCUT2D eigenvalue weighted by Crippen LogP contribution is 2.31. The number of benzene rings is 2. The number of aromatic nitrogens is 1. The zero-order chi connectivity index (χ0) is 20.4. The van der Waals surface area contributed by atoms with Gasteiger partial charge in [0.05, 0.1) is 16.8 Å². The highest BCUT2D eigenvalue weighted by Gasteiger charge is 2.27. The molecule has 0 unspecified atom stereocenters. The summed E-state index contributed by atoms with van der Waals surface area (Å²) in [6.07, 6.45) is 4.68.